The van der Waals surface area contributed by atoms with Crippen LogP contribution in [0.3, 0.4) is 0 Å². The number of fused-ring (bicyclic) bond motifs is 2. The van der Waals surface area contributed by atoms with E-state index in [1.165, 1.54) is 0 Å². The molecule has 1 amide bonds. The normalized spacial score (nSPS) is 36.6. The number of nitrogens with zero attached hydrogens (tertiary/aromatic N) is 1. The molecule has 2 rings (SSSR count). The van der Waals surface area contributed by atoms with E-state index in [0.29, 0.717) is 12.1 Å². The molecule has 0 aromatic carbocycles. The Balaban J connectivity index is 2.17. The maximum absolute atomic E-state index is 12.1. The molecule has 3 atom stereocenters. The van der Waals surface area contributed by atoms with Gasteiger partial charge in [0.15, 0.2) is 0 Å². The van der Waals surface area contributed by atoms with Gasteiger partial charge in [0.1, 0.15) is 0 Å². The number of nitrogens with two attached hydrogens (primary N) is 1. The first kappa shape index (κ1) is 9.97. The lowest BCUT2D eigenvalue weighted by molar-refractivity contribution is -0.140. The van der Waals surface area contributed by atoms with Gasteiger partial charge >= 0.3 is 0 Å². The van der Waals surface area contributed by atoms with Gasteiger partial charge in [-0.3, -0.25) is 4.79 Å². The van der Waals surface area contributed by atoms with E-state index < -0.39 is 0 Å². The first-order valence-electron chi connectivity index (χ1n) is 5.49. The highest BCUT2D eigenvalue weighted by Gasteiger charge is 2.48. The molecule has 3 heteroatoms. The Kier molecular flexibility index (Phi) is 2.11. The Morgan fingerprint density at radius 2 is 2.00 bits per heavy atom. The summed E-state index contributed by atoms with van der Waals surface area (Å²) >= 11 is 0. The Morgan fingerprint density at radius 3 is 2.36 bits per heavy atom. The van der Waals surface area contributed by atoms with Crippen molar-refractivity contribution in [3.05, 3.63) is 0 Å². The number of carbonyl (C=O) groups excluding carboxylic acids is 1. The first-order valence-corrected chi connectivity index (χ1v) is 5.49. The number of amides is 1. The Morgan fingerprint density at radius 1 is 1.36 bits per heavy atom. The van der Waals surface area contributed by atoms with Crippen LogP contribution >= 0.6 is 0 Å². The molecule has 0 aromatic heterocycles. The zero-order chi connectivity index (χ0) is 10.5. The van der Waals surface area contributed by atoms with E-state index in [9.17, 15) is 4.79 Å². The van der Waals surface area contributed by atoms with Gasteiger partial charge in [-0.15, -0.1) is 0 Å². The van der Waals surface area contributed by atoms with Gasteiger partial charge in [0, 0.05) is 23.5 Å². The van der Waals surface area contributed by atoms with Gasteiger partial charge in [-0.05, 0) is 19.3 Å². The Hall–Kier alpha value is -0.570. The van der Waals surface area contributed by atoms with Crippen molar-refractivity contribution in [1.82, 2.24) is 4.90 Å². The molecule has 2 aliphatic rings. The van der Waals surface area contributed by atoms with E-state index in [-0.39, 0.29) is 17.4 Å². The summed E-state index contributed by atoms with van der Waals surface area (Å²) in [6.07, 6.45) is 3.26. The van der Waals surface area contributed by atoms with Gasteiger partial charge in [0.25, 0.3) is 0 Å². The molecule has 14 heavy (non-hydrogen) atoms. The molecule has 0 spiro atoms. The van der Waals surface area contributed by atoms with E-state index in [4.69, 9.17) is 5.73 Å². The topological polar surface area (TPSA) is 46.3 Å². The van der Waals surface area contributed by atoms with Crippen LogP contribution in [0, 0.1) is 5.41 Å². The summed E-state index contributed by atoms with van der Waals surface area (Å²) in [4.78, 5) is 14.2. The molecule has 0 aliphatic carbocycles. The van der Waals surface area contributed by atoms with Crippen LogP contribution in [-0.4, -0.2) is 28.9 Å². The van der Waals surface area contributed by atoms with Crippen molar-refractivity contribution in [2.75, 3.05) is 0 Å². The van der Waals surface area contributed by atoms with Crippen LogP contribution in [0.25, 0.3) is 0 Å². The minimum atomic E-state index is -0.259. The van der Waals surface area contributed by atoms with Crippen molar-refractivity contribution in [1.29, 1.82) is 0 Å². The maximum atomic E-state index is 12.1. The van der Waals surface area contributed by atoms with Gasteiger partial charge in [0.2, 0.25) is 5.91 Å². The molecule has 2 aliphatic heterocycles. The van der Waals surface area contributed by atoms with E-state index in [1.807, 2.05) is 20.8 Å². The third-order valence-corrected chi connectivity index (χ3v) is 3.46. The monoisotopic (exact) mass is 196 g/mol. The van der Waals surface area contributed by atoms with Gasteiger partial charge in [0.05, 0.1) is 0 Å². The van der Waals surface area contributed by atoms with Gasteiger partial charge in [-0.25, -0.2) is 0 Å². The van der Waals surface area contributed by atoms with Crippen molar-refractivity contribution in [3.63, 3.8) is 0 Å². The van der Waals surface area contributed by atoms with Crippen LogP contribution in [0.1, 0.15) is 40.0 Å². The van der Waals surface area contributed by atoms with Crippen molar-refractivity contribution in [2.45, 2.75) is 58.2 Å². The molecule has 2 N–H and O–H groups in total. The predicted octanol–water partition coefficient (Wildman–Crippen LogP) is 1.12. The molecule has 0 aromatic rings. The number of rotatable bonds is 0. The molecule has 3 nitrogen and oxygen atoms in total. The fourth-order valence-electron chi connectivity index (χ4n) is 2.74. The van der Waals surface area contributed by atoms with Crippen LogP contribution in [0.4, 0.5) is 0 Å². The lowest BCUT2D eigenvalue weighted by Gasteiger charge is -2.30. The molecular weight excluding hydrogens is 176 g/mol. The quantitative estimate of drug-likeness (QED) is 0.631. The van der Waals surface area contributed by atoms with E-state index in [1.54, 1.807) is 0 Å². The van der Waals surface area contributed by atoms with Crippen LogP contribution in [0.15, 0.2) is 0 Å². The lowest BCUT2D eigenvalue weighted by Crippen LogP contribution is -2.45. The number of carbonyl (C=O) groups is 1. The average molecular weight is 196 g/mol. The van der Waals surface area contributed by atoms with E-state index in [0.717, 1.165) is 19.3 Å². The summed E-state index contributed by atoms with van der Waals surface area (Å²) in [7, 11) is 0. The second kappa shape index (κ2) is 2.96. The second-order valence-corrected chi connectivity index (χ2v) is 5.66. The highest BCUT2D eigenvalue weighted by atomic mass is 16.2. The average Bonchev–Trinajstić information content (AvgIpc) is 2.56. The first-order chi connectivity index (χ1) is 6.41. The van der Waals surface area contributed by atoms with Crippen LogP contribution in [0.5, 0.6) is 0 Å². The fourth-order valence-corrected chi connectivity index (χ4v) is 2.74. The molecule has 0 saturated carbocycles. The molecule has 80 valence electrons. The molecule has 3 unspecified atom stereocenters. The lowest BCUT2D eigenvalue weighted by atomic mass is 9.94. The van der Waals surface area contributed by atoms with Crippen LogP contribution in [-0.2, 0) is 4.79 Å². The summed E-state index contributed by atoms with van der Waals surface area (Å²) in [6.45, 7) is 5.95. The van der Waals surface area contributed by atoms with Crippen molar-refractivity contribution in [2.24, 2.45) is 11.1 Å². The highest BCUT2D eigenvalue weighted by molar-refractivity contribution is 5.82. The number of hydrogen-bond acceptors (Lipinski definition) is 2. The second-order valence-electron chi connectivity index (χ2n) is 5.66. The summed E-state index contributed by atoms with van der Waals surface area (Å²) < 4.78 is 0. The fraction of sp³-hybridized carbons (Fsp3) is 0.909. The molecule has 2 fully saturated rings. The summed E-state index contributed by atoms with van der Waals surface area (Å²) in [5.41, 5.74) is 5.74. The smallest absolute Gasteiger partial charge is 0.228 e. The molecular formula is C11H20N2O. The molecule has 0 radical (unpaired) electrons. The minimum Gasteiger partial charge on any atom is -0.335 e. The highest BCUT2D eigenvalue weighted by Crippen LogP contribution is 2.39. The predicted molar refractivity (Wildman–Crippen MR) is 55.7 cm³/mol. The molecule has 2 bridgehead atoms. The Bertz CT molecular complexity index is 257. The third kappa shape index (κ3) is 1.34. The summed E-state index contributed by atoms with van der Waals surface area (Å²) in [5.74, 6) is 0.276. The Labute approximate surface area is 85.6 Å². The van der Waals surface area contributed by atoms with Crippen molar-refractivity contribution >= 4 is 5.91 Å². The number of hydrogen-bond donors (Lipinski definition) is 1. The zero-order valence-corrected chi connectivity index (χ0v) is 9.29. The van der Waals surface area contributed by atoms with Crippen LogP contribution in [0.2, 0.25) is 0 Å². The maximum Gasteiger partial charge on any atom is 0.228 e. The summed E-state index contributed by atoms with van der Waals surface area (Å²) in [5, 5.41) is 0. The zero-order valence-electron chi connectivity index (χ0n) is 9.29. The molecule has 2 heterocycles. The van der Waals surface area contributed by atoms with Crippen molar-refractivity contribution in [3.8, 4) is 0 Å². The minimum absolute atomic E-state index is 0.222. The molecule has 2 saturated heterocycles. The largest absolute Gasteiger partial charge is 0.335 e. The van der Waals surface area contributed by atoms with Gasteiger partial charge in [-0.2, -0.15) is 0 Å². The van der Waals surface area contributed by atoms with E-state index in [2.05, 4.69) is 4.90 Å². The SMILES string of the molecule is CC(C)(C)C(=O)N1C2CCC1C(N)C2. The van der Waals surface area contributed by atoms with E-state index >= 15 is 0 Å². The third-order valence-electron chi connectivity index (χ3n) is 3.46. The summed E-state index contributed by atoms with van der Waals surface area (Å²) in [6, 6.07) is 0.980. The van der Waals surface area contributed by atoms with Crippen molar-refractivity contribution < 1.29 is 4.79 Å². The van der Waals surface area contributed by atoms with Crippen LogP contribution < -0.4 is 5.73 Å². The standard InChI is InChI=1S/C11H20N2O/c1-11(2,3)10(14)13-7-4-5-9(13)8(12)6-7/h7-9H,4-6,12H2,1-3H3. The van der Waals surface area contributed by atoms with Gasteiger partial charge < -0.3 is 10.6 Å². The van der Waals surface area contributed by atoms with Gasteiger partial charge in [-0.1, -0.05) is 20.8 Å².